The van der Waals surface area contributed by atoms with E-state index in [4.69, 9.17) is 10.5 Å². The van der Waals surface area contributed by atoms with E-state index < -0.39 is 0 Å². The third-order valence-electron chi connectivity index (χ3n) is 3.67. The summed E-state index contributed by atoms with van der Waals surface area (Å²) in [6.45, 7) is 3.98. The molecule has 2 N–H and O–H groups in total. The van der Waals surface area contributed by atoms with Gasteiger partial charge in [0, 0.05) is 5.41 Å². The Kier molecular flexibility index (Phi) is 3.26. The number of halogens is 1. The van der Waals surface area contributed by atoms with Gasteiger partial charge >= 0.3 is 0 Å². The van der Waals surface area contributed by atoms with Gasteiger partial charge in [-0.2, -0.15) is 0 Å². The number of nitrogens with two attached hydrogens (primary N) is 1. The van der Waals surface area contributed by atoms with E-state index in [2.05, 4.69) is 6.92 Å². The standard InChI is InChI=1S/C13H18FNO/c1-10(6-7-15)13(8-16-9-13)11-4-2-3-5-12(11)14/h2-5,10H,6-9,15H2,1H3. The Morgan fingerprint density at radius 2 is 2.12 bits per heavy atom. The Labute approximate surface area is 95.6 Å². The summed E-state index contributed by atoms with van der Waals surface area (Å²) in [5.74, 6) is 0.220. The number of ether oxygens (including phenoxy) is 1. The van der Waals surface area contributed by atoms with Crippen molar-refractivity contribution in [1.29, 1.82) is 0 Å². The van der Waals surface area contributed by atoms with Crippen LogP contribution in [0.5, 0.6) is 0 Å². The van der Waals surface area contributed by atoms with Crippen molar-refractivity contribution in [3.63, 3.8) is 0 Å². The highest BCUT2D eigenvalue weighted by Gasteiger charge is 2.46. The first-order valence-electron chi connectivity index (χ1n) is 5.73. The lowest BCUT2D eigenvalue weighted by Crippen LogP contribution is -2.52. The molecule has 1 unspecified atom stereocenters. The summed E-state index contributed by atoms with van der Waals surface area (Å²) in [4.78, 5) is 0. The van der Waals surface area contributed by atoms with Gasteiger partial charge in [0.15, 0.2) is 0 Å². The maximum Gasteiger partial charge on any atom is 0.127 e. The van der Waals surface area contributed by atoms with E-state index >= 15 is 0 Å². The molecule has 3 heteroatoms. The van der Waals surface area contributed by atoms with Crippen molar-refractivity contribution in [3.8, 4) is 0 Å². The molecule has 1 aliphatic heterocycles. The highest BCUT2D eigenvalue weighted by Crippen LogP contribution is 2.41. The number of benzene rings is 1. The molecule has 0 radical (unpaired) electrons. The molecular weight excluding hydrogens is 205 g/mol. The molecule has 0 aromatic heterocycles. The smallest absolute Gasteiger partial charge is 0.127 e. The van der Waals surface area contributed by atoms with Crippen LogP contribution in [0.1, 0.15) is 18.9 Å². The van der Waals surface area contributed by atoms with Crippen LogP contribution < -0.4 is 5.73 Å². The van der Waals surface area contributed by atoms with Crippen LogP contribution in [-0.4, -0.2) is 19.8 Å². The van der Waals surface area contributed by atoms with Gasteiger partial charge in [-0.1, -0.05) is 25.1 Å². The Hall–Kier alpha value is -0.930. The minimum absolute atomic E-state index is 0.130. The average Bonchev–Trinajstić information content (AvgIpc) is 2.19. The summed E-state index contributed by atoms with van der Waals surface area (Å²) in [6, 6.07) is 6.99. The minimum atomic E-state index is -0.162. The molecule has 1 atom stereocenters. The van der Waals surface area contributed by atoms with Crippen molar-refractivity contribution >= 4 is 0 Å². The van der Waals surface area contributed by atoms with Gasteiger partial charge in [0.25, 0.3) is 0 Å². The van der Waals surface area contributed by atoms with E-state index in [0.29, 0.717) is 25.7 Å². The zero-order chi connectivity index (χ0) is 11.6. The van der Waals surface area contributed by atoms with Crippen LogP contribution in [0.3, 0.4) is 0 Å². The molecule has 1 aromatic carbocycles. The second-order valence-corrected chi connectivity index (χ2v) is 4.61. The molecule has 0 aliphatic carbocycles. The van der Waals surface area contributed by atoms with Crippen molar-refractivity contribution < 1.29 is 9.13 Å². The topological polar surface area (TPSA) is 35.2 Å². The predicted molar refractivity (Wildman–Crippen MR) is 61.7 cm³/mol. The number of hydrogen-bond acceptors (Lipinski definition) is 2. The van der Waals surface area contributed by atoms with E-state index in [-0.39, 0.29) is 11.2 Å². The number of rotatable bonds is 4. The maximum absolute atomic E-state index is 13.8. The normalized spacial score (nSPS) is 20.2. The average molecular weight is 223 g/mol. The maximum atomic E-state index is 13.8. The van der Waals surface area contributed by atoms with Crippen molar-refractivity contribution in [2.75, 3.05) is 19.8 Å². The van der Waals surface area contributed by atoms with E-state index in [9.17, 15) is 4.39 Å². The van der Waals surface area contributed by atoms with Crippen molar-refractivity contribution in [2.45, 2.75) is 18.8 Å². The fraction of sp³-hybridized carbons (Fsp3) is 0.538. The summed E-state index contributed by atoms with van der Waals surface area (Å²) in [5.41, 5.74) is 6.20. The van der Waals surface area contributed by atoms with Crippen LogP contribution in [0, 0.1) is 11.7 Å². The molecule has 0 bridgehead atoms. The molecule has 2 rings (SSSR count). The van der Waals surface area contributed by atoms with E-state index in [1.54, 1.807) is 6.07 Å². The van der Waals surface area contributed by atoms with Crippen LogP contribution in [0.4, 0.5) is 4.39 Å². The summed E-state index contributed by atoms with van der Waals surface area (Å²) in [6.07, 6.45) is 0.900. The van der Waals surface area contributed by atoms with Gasteiger partial charge in [-0.3, -0.25) is 0 Å². The Morgan fingerprint density at radius 1 is 1.44 bits per heavy atom. The largest absolute Gasteiger partial charge is 0.379 e. The van der Waals surface area contributed by atoms with Crippen LogP contribution in [0.15, 0.2) is 24.3 Å². The summed E-state index contributed by atoms with van der Waals surface area (Å²) < 4.78 is 19.1. The molecule has 1 aromatic rings. The van der Waals surface area contributed by atoms with Gasteiger partial charge in [-0.15, -0.1) is 0 Å². The Balaban J connectivity index is 2.31. The van der Waals surface area contributed by atoms with Gasteiger partial charge < -0.3 is 10.5 Å². The molecule has 1 heterocycles. The quantitative estimate of drug-likeness (QED) is 0.848. The second kappa shape index (κ2) is 4.52. The van der Waals surface area contributed by atoms with Crippen LogP contribution in [0.25, 0.3) is 0 Å². The van der Waals surface area contributed by atoms with Gasteiger partial charge in [0.2, 0.25) is 0 Å². The van der Waals surface area contributed by atoms with E-state index in [0.717, 1.165) is 12.0 Å². The lowest BCUT2D eigenvalue weighted by atomic mass is 9.68. The Bertz CT molecular complexity index is 363. The molecule has 1 aliphatic rings. The lowest BCUT2D eigenvalue weighted by Gasteiger charge is -2.46. The fourth-order valence-electron chi connectivity index (χ4n) is 2.42. The fourth-order valence-corrected chi connectivity index (χ4v) is 2.42. The van der Waals surface area contributed by atoms with E-state index in [1.807, 2.05) is 12.1 Å². The molecule has 16 heavy (non-hydrogen) atoms. The predicted octanol–water partition coefficient (Wildman–Crippen LogP) is 2.08. The second-order valence-electron chi connectivity index (χ2n) is 4.61. The summed E-state index contributed by atoms with van der Waals surface area (Å²) in [7, 11) is 0. The third kappa shape index (κ3) is 1.74. The van der Waals surface area contributed by atoms with Gasteiger partial charge in [-0.05, 0) is 30.5 Å². The first-order valence-corrected chi connectivity index (χ1v) is 5.73. The minimum Gasteiger partial charge on any atom is -0.379 e. The van der Waals surface area contributed by atoms with Gasteiger partial charge in [0.1, 0.15) is 5.82 Å². The van der Waals surface area contributed by atoms with Crippen LogP contribution in [0.2, 0.25) is 0 Å². The van der Waals surface area contributed by atoms with Crippen molar-refractivity contribution in [2.24, 2.45) is 11.7 Å². The van der Waals surface area contributed by atoms with Crippen molar-refractivity contribution in [1.82, 2.24) is 0 Å². The molecule has 0 spiro atoms. The first kappa shape index (κ1) is 11.6. The monoisotopic (exact) mass is 223 g/mol. The molecule has 0 saturated carbocycles. The van der Waals surface area contributed by atoms with Crippen LogP contribution in [-0.2, 0) is 10.2 Å². The Morgan fingerprint density at radius 3 is 2.62 bits per heavy atom. The first-order chi connectivity index (χ1) is 7.70. The van der Waals surface area contributed by atoms with Gasteiger partial charge in [0.05, 0.1) is 13.2 Å². The lowest BCUT2D eigenvalue weighted by molar-refractivity contribution is -0.0898. The number of hydrogen-bond donors (Lipinski definition) is 1. The molecule has 88 valence electrons. The molecule has 1 fully saturated rings. The van der Waals surface area contributed by atoms with Crippen LogP contribution >= 0.6 is 0 Å². The summed E-state index contributed by atoms with van der Waals surface area (Å²) >= 11 is 0. The summed E-state index contributed by atoms with van der Waals surface area (Å²) in [5, 5.41) is 0. The highest BCUT2D eigenvalue weighted by atomic mass is 19.1. The zero-order valence-electron chi connectivity index (χ0n) is 9.58. The molecular formula is C13H18FNO. The third-order valence-corrected chi connectivity index (χ3v) is 3.67. The van der Waals surface area contributed by atoms with Crippen molar-refractivity contribution in [3.05, 3.63) is 35.6 Å². The van der Waals surface area contributed by atoms with E-state index in [1.165, 1.54) is 6.07 Å². The van der Waals surface area contributed by atoms with Gasteiger partial charge in [-0.25, -0.2) is 4.39 Å². The SMILES string of the molecule is CC(CCN)C1(c2ccccc2F)COC1. The molecule has 1 saturated heterocycles. The molecule has 0 amide bonds. The zero-order valence-corrected chi connectivity index (χ0v) is 9.58. The molecule has 2 nitrogen and oxygen atoms in total. The highest BCUT2D eigenvalue weighted by molar-refractivity contribution is 5.30.